The summed E-state index contributed by atoms with van der Waals surface area (Å²) in [5.41, 5.74) is 0. The van der Waals surface area contributed by atoms with Gasteiger partial charge < -0.3 is 9.90 Å². The molecule has 0 aromatic carbocycles. The van der Waals surface area contributed by atoms with E-state index in [4.69, 9.17) is 9.90 Å². The third-order valence-electron chi connectivity index (χ3n) is 8.87. The Morgan fingerprint density at radius 3 is 0.404 bits per heavy atom. The van der Waals surface area contributed by atoms with E-state index in [0.29, 0.717) is 0 Å². The van der Waals surface area contributed by atoms with Crippen LogP contribution < -0.4 is 5.11 Å². The summed E-state index contributed by atoms with van der Waals surface area (Å²) < 4.78 is 0. The van der Waals surface area contributed by atoms with Gasteiger partial charge in [-0.1, -0.05) is 273 Å². The second kappa shape index (κ2) is 61.5. The number of aliphatic carboxylic acids is 1. The van der Waals surface area contributed by atoms with E-state index in [1.165, 1.54) is 231 Å². The van der Waals surface area contributed by atoms with E-state index < -0.39 is 5.97 Å². The number of carboxylic acids is 1. The summed E-state index contributed by atoms with van der Waals surface area (Å²) in [6, 6.07) is 0. The van der Waals surface area contributed by atoms with Crippen LogP contribution in [0.2, 0.25) is 0 Å². The van der Waals surface area contributed by atoms with Crippen molar-refractivity contribution in [3.05, 3.63) is 0 Å². The van der Waals surface area contributed by atoms with Gasteiger partial charge in [-0.25, -0.2) is 0 Å². The molecule has 0 fully saturated rings. The van der Waals surface area contributed by atoms with Crippen LogP contribution in [-0.4, -0.2) is 29.9 Å². The molecule has 286 valence electrons. The van der Waals surface area contributed by atoms with Crippen LogP contribution in [0.15, 0.2) is 0 Å². The zero-order valence-corrected chi connectivity index (χ0v) is 37.1. The average Bonchev–Trinajstić information content (AvgIpc) is 3.04. The maximum absolute atomic E-state index is 8.89. The van der Waals surface area contributed by atoms with Crippen LogP contribution >= 0.6 is 0 Å². The van der Waals surface area contributed by atoms with Gasteiger partial charge in [0.05, 0.1) is 0 Å². The molecule has 47 heavy (non-hydrogen) atoms. The van der Waals surface area contributed by atoms with Crippen molar-refractivity contribution in [3.63, 3.8) is 0 Å². The molecule has 0 bridgehead atoms. The van der Waals surface area contributed by atoms with Gasteiger partial charge in [-0.2, -0.15) is 0 Å². The SMILES string of the molecule is CC(=O)[O-].CCCCCCCCCCCCCC.CCCCCCCCCCCCCC.CCCCCCCCCCCCCC.[Sn]. The molecular weight excluding hydrogens is 679 g/mol. The fraction of sp³-hybridized carbons (Fsp3) is 0.977. The molecule has 0 spiro atoms. The van der Waals surface area contributed by atoms with Crippen molar-refractivity contribution < 1.29 is 9.90 Å². The molecule has 0 unspecified atom stereocenters. The summed E-state index contributed by atoms with van der Waals surface area (Å²) >= 11 is 0. The summed E-state index contributed by atoms with van der Waals surface area (Å²) in [5, 5.41) is 8.89. The second-order valence-corrected chi connectivity index (χ2v) is 14.1. The third-order valence-corrected chi connectivity index (χ3v) is 8.87. The monoisotopic (exact) mass is 774 g/mol. The predicted molar refractivity (Wildman–Crippen MR) is 217 cm³/mol. The van der Waals surface area contributed by atoms with Crippen molar-refractivity contribution >= 4 is 29.9 Å². The maximum atomic E-state index is 8.89. The van der Waals surface area contributed by atoms with Crippen LogP contribution in [0.5, 0.6) is 0 Å². The minimum atomic E-state index is -1.08. The average molecular weight is 773 g/mol. The zero-order chi connectivity index (χ0) is 35.0. The van der Waals surface area contributed by atoms with Crippen LogP contribution in [0.25, 0.3) is 0 Å². The van der Waals surface area contributed by atoms with Gasteiger partial charge in [0.15, 0.2) is 0 Å². The van der Waals surface area contributed by atoms with Gasteiger partial charge in [0, 0.05) is 29.9 Å². The first-order chi connectivity index (χ1) is 22.5. The van der Waals surface area contributed by atoms with Gasteiger partial charge in [-0.3, -0.25) is 0 Å². The summed E-state index contributed by atoms with van der Waals surface area (Å²) in [4.78, 5) is 8.89. The smallest absolute Gasteiger partial charge is 0.0383 e. The second-order valence-electron chi connectivity index (χ2n) is 14.1. The normalized spacial score (nSPS) is 10.1. The molecule has 0 aliphatic rings. The number of carboxylic acid groups (broad SMARTS) is 1. The molecule has 0 N–H and O–H groups in total. The molecular formula is C44H93O2Sn-. The van der Waals surface area contributed by atoms with Gasteiger partial charge in [0.25, 0.3) is 0 Å². The van der Waals surface area contributed by atoms with Gasteiger partial charge in [0.2, 0.25) is 0 Å². The minimum Gasteiger partial charge on any atom is -0.550 e. The Hall–Kier alpha value is 0.269. The van der Waals surface area contributed by atoms with Crippen LogP contribution in [-0.2, 0) is 4.79 Å². The summed E-state index contributed by atoms with van der Waals surface area (Å²) in [6.45, 7) is 14.7. The largest absolute Gasteiger partial charge is 0.550 e. The summed E-state index contributed by atoms with van der Waals surface area (Å²) in [6.07, 6.45) is 52.3. The van der Waals surface area contributed by atoms with E-state index in [1.54, 1.807) is 0 Å². The van der Waals surface area contributed by atoms with Gasteiger partial charge >= 0.3 is 0 Å². The van der Waals surface area contributed by atoms with Crippen LogP contribution in [0.1, 0.15) is 280 Å². The molecule has 0 heterocycles. The Bertz CT molecular complexity index is 371. The van der Waals surface area contributed by atoms with Crippen molar-refractivity contribution in [1.29, 1.82) is 0 Å². The minimum absolute atomic E-state index is 0. The van der Waals surface area contributed by atoms with Crippen molar-refractivity contribution in [2.45, 2.75) is 280 Å². The fourth-order valence-electron chi connectivity index (χ4n) is 5.74. The first kappa shape index (κ1) is 56.6. The van der Waals surface area contributed by atoms with Gasteiger partial charge in [0.1, 0.15) is 0 Å². The van der Waals surface area contributed by atoms with Crippen molar-refractivity contribution in [2.24, 2.45) is 0 Å². The molecule has 0 aliphatic carbocycles. The topological polar surface area (TPSA) is 40.1 Å². The molecule has 2 nitrogen and oxygen atoms in total. The molecule has 0 atom stereocenters. The Kier molecular flexibility index (Phi) is 74.1. The first-order valence-corrected chi connectivity index (χ1v) is 21.7. The Balaban J connectivity index is -0.000000175. The van der Waals surface area contributed by atoms with Crippen molar-refractivity contribution in [3.8, 4) is 0 Å². The van der Waals surface area contributed by atoms with E-state index in [9.17, 15) is 0 Å². The number of carbonyl (C=O) groups excluding carboxylic acids is 1. The number of rotatable bonds is 33. The van der Waals surface area contributed by atoms with Crippen LogP contribution in [0.4, 0.5) is 0 Å². The standard InChI is InChI=1S/3C14H30.C2H4O2.Sn/c3*1-3-5-7-9-11-13-14-12-10-8-6-4-2;1-2(3)4;/h3*3-14H2,1-2H3;1H3,(H,3,4);/p-1. The maximum Gasteiger partial charge on any atom is 0.0383 e. The van der Waals surface area contributed by atoms with Gasteiger partial charge in [-0.05, 0) is 6.92 Å². The first-order valence-electron chi connectivity index (χ1n) is 21.7. The van der Waals surface area contributed by atoms with E-state index >= 15 is 0 Å². The van der Waals surface area contributed by atoms with E-state index in [0.717, 1.165) is 6.92 Å². The van der Waals surface area contributed by atoms with E-state index in [-0.39, 0.29) is 23.9 Å². The van der Waals surface area contributed by atoms with Crippen molar-refractivity contribution in [1.82, 2.24) is 0 Å². The Morgan fingerprint density at radius 1 is 0.277 bits per heavy atom. The molecule has 3 heteroatoms. The molecule has 4 radical (unpaired) electrons. The molecule has 0 saturated heterocycles. The Morgan fingerprint density at radius 2 is 0.340 bits per heavy atom. The zero-order valence-electron chi connectivity index (χ0n) is 34.3. The quantitative estimate of drug-likeness (QED) is 0.0492. The molecule has 0 aliphatic heterocycles. The molecule has 0 amide bonds. The predicted octanol–water partition coefficient (Wildman–Crippen LogP) is 15.5. The van der Waals surface area contributed by atoms with Crippen molar-refractivity contribution in [2.75, 3.05) is 0 Å². The van der Waals surface area contributed by atoms with Gasteiger partial charge in [-0.15, -0.1) is 0 Å². The fourth-order valence-corrected chi connectivity index (χ4v) is 5.74. The molecule has 0 aromatic rings. The molecule has 0 rings (SSSR count). The number of unbranched alkanes of at least 4 members (excludes halogenated alkanes) is 33. The molecule has 0 aromatic heterocycles. The molecule has 0 saturated carbocycles. The third kappa shape index (κ3) is 81.9. The summed E-state index contributed by atoms with van der Waals surface area (Å²) in [7, 11) is 0. The number of hydrogen-bond acceptors (Lipinski definition) is 2. The van der Waals surface area contributed by atoms with E-state index in [1.807, 2.05) is 0 Å². The number of hydrogen-bond donors (Lipinski definition) is 0. The van der Waals surface area contributed by atoms with E-state index in [2.05, 4.69) is 41.5 Å². The van der Waals surface area contributed by atoms with Crippen LogP contribution in [0.3, 0.4) is 0 Å². The number of carbonyl (C=O) groups is 1. The van der Waals surface area contributed by atoms with Crippen LogP contribution in [0, 0.1) is 0 Å². The Labute approximate surface area is 317 Å². The summed E-state index contributed by atoms with van der Waals surface area (Å²) in [5.74, 6) is -1.08.